The highest BCUT2D eigenvalue weighted by molar-refractivity contribution is 7.99. The normalized spacial score (nSPS) is 10.6. The molecule has 0 atom stereocenters. The summed E-state index contributed by atoms with van der Waals surface area (Å²) < 4.78 is 6.42. The van der Waals surface area contributed by atoms with Gasteiger partial charge in [-0.15, -0.1) is 5.10 Å². The van der Waals surface area contributed by atoms with E-state index in [1.54, 1.807) is 0 Å². The van der Waals surface area contributed by atoms with Gasteiger partial charge in [-0.1, -0.05) is 6.92 Å². The molecular weight excluding hydrogens is 270 g/mol. The van der Waals surface area contributed by atoms with E-state index in [0.29, 0.717) is 16.9 Å². The van der Waals surface area contributed by atoms with Gasteiger partial charge in [0.1, 0.15) is 0 Å². The first-order valence-electron chi connectivity index (χ1n) is 5.52. The topological polar surface area (TPSA) is 125 Å². The minimum atomic E-state index is -0.265. The van der Waals surface area contributed by atoms with E-state index < -0.39 is 0 Å². The van der Waals surface area contributed by atoms with Crippen molar-refractivity contribution in [3.8, 4) is 6.01 Å². The molecule has 0 aliphatic rings. The Morgan fingerprint density at radius 1 is 1.42 bits per heavy atom. The van der Waals surface area contributed by atoms with Crippen molar-refractivity contribution in [1.29, 1.82) is 0 Å². The average Bonchev–Trinajstić information content (AvgIpc) is 2.71. The lowest BCUT2D eigenvalue weighted by atomic mass is 10.5. The van der Waals surface area contributed by atoms with Crippen LogP contribution in [0.3, 0.4) is 0 Å². The Morgan fingerprint density at radius 3 is 2.89 bits per heavy atom. The Morgan fingerprint density at radius 2 is 2.21 bits per heavy atom. The first-order chi connectivity index (χ1) is 9.13. The van der Waals surface area contributed by atoms with Crippen molar-refractivity contribution in [2.45, 2.75) is 30.2 Å². The average molecular weight is 283 g/mol. The second-order valence-corrected chi connectivity index (χ2v) is 4.46. The van der Waals surface area contributed by atoms with E-state index in [1.165, 1.54) is 11.7 Å². The number of nitrogens with two attached hydrogens (primary N) is 1. The van der Waals surface area contributed by atoms with E-state index in [2.05, 4.69) is 25.1 Å². The number of aromatic nitrogens is 6. The molecule has 9 nitrogen and oxygen atoms in total. The number of aromatic amines is 1. The molecule has 0 radical (unpaired) electrons. The zero-order valence-corrected chi connectivity index (χ0v) is 11.3. The van der Waals surface area contributed by atoms with Gasteiger partial charge in [-0.2, -0.15) is 15.0 Å². The molecule has 0 fully saturated rings. The molecular formula is C9H13N7O2S. The van der Waals surface area contributed by atoms with Crippen LogP contribution in [0.15, 0.2) is 15.1 Å². The largest absolute Gasteiger partial charge is 0.467 e. The Hall–Kier alpha value is -2.10. The second-order valence-electron chi connectivity index (χ2n) is 3.53. The fourth-order valence-electron chi connectivity index (χ4n) is 1.37. The quantitative estimate of drug-likeness (QED) is 0.779. The van der Waals surface area contributed by atoms with E-state index in [1.807, 2.05) is 6.92 Å². The number of H-pyrrole nitrogens is 1. The van der Waals surface area contributed by atoms with Crippen LogP contribution in [0, 0.1) is 0 Å². The third kappa shape index (κ3) is 3.02. The van der Waals surface area contributed by atoms with Crippen LogP contribution >= 0.6 is 11.8 Å². The maximum absolute atomic E-state index is 11.5. The molecule has 102 valence electrons. The molecule has 2 aromatic heterocycles. The van der Waals surface area contributed by atoms with Crippen LogP contribution in [0.1, 0.15) is 13.3 Å². The zero-order chi connectivity index (χ0) is 13.8. The van der Waals surface area contributed by atoms with Gasteiger partial charge in [0, 0.05) is 6.54 Å². The summed E-state index contributed by atoms with van der Waals surface area (Å²) in [6, 6.07) is 0.120. The Kier molecular flexibility index (Phi) is 4.00. The molecule has 0 unspecified atom stereocenters. The van der Waals surface area contributed by atoms with Crippen LogP contribution in [0.2, 0.25) is 0 Å². The molecule has 0 saturated carbocycles. The molecule has 10 heteroatoms. The number of nitrogens with one attached hydrogen (secondary N) is 1. The first kappa shape index (κ1) is 13.3. The summed E-state index contributed by atoms with van der Waals surface area (Å²) in [5, 5.41) is 7.10. The molecule has 3 N–H and O–H groups in total. The molecule has 2 rings (SSSR count). The van der Waals surface area contributed by atoms with Gasteiger partial charge >= 0.3 is 11.7 Å². The predicted molar refractivity (Wildman–Crippen MR) is 68.1 cm³/mol. The van der Waals surface area contributed by atoms with Crippen LogP contribution in [0.5, 0.6) is 6.01 Å². The zero-order valence-electron chi connectivity index (χ0n) is 10.5. The number of hydrogen-bond donors (Lipinski definition) is 2. The summed E-state index contributed by atoms with van der Waals surface area (Å²) in [4.78, 5) is 23.3. The maximum atomic E-state index is 11.5. The van der Waals surface area contributed by atoms with Crippen molar-refractivity contribution in [2.75, 3.05) is 12.8 Å². The van der Waals surface area contributed by atoms with Crippen LogP contribution in [-0.2, 0) is 6.54 Å². The summed E-state index contributed by atoms with van der Waals surface area (Å²) in [5.41, 5.74) is 5.27. The van der Waals surface area contributed by atoms with Crippen LogP contribution < -0.4 is 16.2 Å². The van der Waals surface area contributed by atoms with Gasteiger partial charge < -0.3 is 10.5 Å². The van der Waals surface area contributed by atoms with Gasteiger partial charge in [0.15, 0.2) is 5.16 Å². The monoisotopic (exact) mass is 283 g/mol. The lowest BCUT2D eigenvalue weighted by molar-refractivity contribution is 0.374. The summed E-state index contributed by atoms with van der Waals surface area (Å²) >= 11 is 1.12. The first-order valence-corrected chi connectivity index (χ1v) is 6.34. The van der Waals surface area contributed by atoms with Gasteiger partial charge in [0.05, 0.1) is 7.11 Å². The van der Waals surface area contributed by atoms with E-state index in [-0.39, 0.29) is 17.6 Å². The summed E-state index contributed by atoms with van der Waals surface area (Å²) in [6.45, 7) is 2.53. The fraction of sp³-hybridized carbons (Fsp3) is 0.444. The molecule has 0 aliphatic heterocycles. The van der Waals surface area contributed by atoms with Crippen molar-refractivity contribution < 1.29 is 4.74 Å². The minimum Gasteiger partial charge on any atom is -0.467 e. The Balaban J connectivity index is 2.30. The number of ether oxygens (including phenoxy) is 1. The number of nitrogen functional groups attached to an aromatic ring is 1. The van der Waals surface area contributed by atoms with Gasteiger partial charge in [-0.25, -0.2) is 9.89 Å². The van der Waals surface area contributed by atoms with Crippen LogP contribution in [0.4, 0.5) is 5.95 Å². The molecule has 19 heavy (non-hydrogen) atoms. The third-order valence-corrected chi connectivity index (χ3v) is 3.01. The second kappa shape index (κ2) is 5.69. The molecule has 2 aromatic rings. The molecule has 0 spiro atoms. The summed E-state index contributed by atoms with van der Waals surface area (Å²) in [5.74, 6) is 0.0503. The van der Waals surface area contributed by atoms with Crippen molar-refractivity contribution in [2.24, 2.45) is 0 Å². The van der Waals surface area contributed by atoms with E-state index >= 15 is 0 Å². The number of methoxy groups -OCH3 is 1. The predicted octanol–water partition coefficient (Wildman–Crippen LogP) is -0.0916. The smallest absolute Gasteiger partial charge is 0.343 e. The third-order valence-electron chi connectivity index (χ3n) is 2.15. The molecule has 2 heterocycles. The highest BCUT2D eigenvalue weighted by Gasteiger charge is 2.13. The van der Waals surface area contributed by atoms with E-state index in [9.17, 15) is 4.79 Å². The van der Waals surface area contributed by atoms with Gasteiger partial charge in [0.25, 0.3) is 0 Å². The molecule has 0 bridgehead atoms. The Bertz CT molecular complexity index is 623. The van der Waals surface area contributed by atoms with Gasteiger partial charge in [-0.05, 0) is 18.2 Å². The summed E-state index contributed by atoms with van der Waals surface area (Å²) in [7, 11) is 1.44. The highest BCUT2D eigenvalue weighted by Crippen LogP contribution is 2.23. The number of anilines is 1. The van der Waals surface area contributed by atoms with Crippen molar-refractivity contribution in [1.82, 2.24) is 29.7 Å². The summed E-state index contributed by atoms with van der Waals surface area (Å²) in [6.07, 6.45) is 0.815. The molecule has 0 amide bonds. The van der Waals surface area contributed by atoms with Crippen molar-refractivity contribution in [3.63, 3.8) is 0 Å². The molecule has 0 saturated heterocycles. The molecule has 0 aliphatic carbocycles. The Labute approximate surface area is 112 Å². The van der Waals surface area contributed by atoms with Crippen molar-refractivity contribution in [3.05, 3.63) is 10.5 Å². The molecule has 0 aromatic carbocycles. The van der Waals surface area contributed by atoms with Crippen LogP contribution in [0.25, 0.3) is 0 Å². The highest BCUT2D eigenvalue weighted by atomic mass is 32.2. The fourth-order valence-corrected chi connectivity index (χ4v) is 2.18. The number of rotatable bonds is 5. The standard InChI is InChI=1S/C9H13N7O2S/c1-3-4-16-8(17)14-15-9(16)19-7-12-5(10)11-6(13-7)18-2/h3-4H2,1-2H3,(H,14,17)(H2,10,11,12,13). The van der Waals surface area contributed by atoms with Gasteiger partial charge in [-0.3, -0.25) is 4.57 Å². The van der Waals surface area contributed by atoms with E-state index in [4.69, 9.17) is 10.5 Å². The lowest BCUT2D eigenvalue weighted by Crippen LogP contribution is -2.17. The minimum absolute atomic E-state index is 0.0503. The lowest BCUT2D eigenvalue weighted by Gasteiger charge is -2.04. The van der Waals surface area contributed by atoms with Crippen LogP contribution in [-0.4, -0.2) is 36.8 Å². The van der Waals surface area contributed by atoms with Crippen molar-refractivity contribution >= 4 is 17.7 Å². The SMILES string of the molecule is CCCn1c(Sc2nc(N)nc(OC)n2)n[nH]c1=O. The number of nitrogens with zero attached hydrogens (tertiary/aromatic N) is 5. The number of hydrogen-bond acceptors (Lipinski definition) is 8. The van der Waals surface area contributed by atoms with Gasteiger partial charge in [0.2, 0.25) is 11.1 Å². The maximum Gasteiger partial charge on any atom is 0.343 e. The van der Waals surface area contributed by atoms with E-state index in [0.717, 1.165) is 18.2 Å².